The monoisotopic (exact) mass is 371 g/mol. The molecule has 1 aromatic heterocycles. The molecule has 1 saturated carbocycles. The highest BCUT2D eigenvalue weighted by Gasteiger charge is 2.52. The maximum absolute atomic E-state index is 12.7. The summed E-state index contributed by atoms with van der Waals surface area (Å²) in [5.41, 5.74) is -0.277. The Labute approximate surface area is 151 Å². The van der Waals surface area contributed by atoms with Gasteiger partial charge in [0.05, 0.1) is 36.7 Å². The van der Waals surface area contributed by atoms with E-state index in [1.807, 2.05) is 4.90 Å². The lowest BCUT2D eigenvalue weighted by Gasteiger charge is -2.43. The summed E-state index contributed by atoms with van der Waals surface area (Å²) in [5.74, 6) is 0.804. The van der Waals surface area contributed by atoms with E-state index in [-0.39, 0.29) is 36.0 Å². The number of fused-ring (bicyclic) bond motifs is 1. The summed E-state index contributed by atoms with van der Waals surface area (Å²) in [7, 11) is 1.73. The van der Waals surface area contributed by atoms with Gasteiger partial charge in [-0.1, -0.05) is 11.8 Å². The van der Waals surface area contributed by atoms with E-state index in [0.717, 1.165) is 25.7 Å². The van der Waals surface area contributed by atoms with E-state index in [1.54, 1.807) is 14.0 Å². The molecule has 3 atom stereocenters. The van der Waals surface area contributed by atoms with Crippen molar-refractivity contribution in [2.24, 2.45) is 0 Å². The standard InChI is InChI=1S/C16H25N3O5S/c1-11-17-18-15(24-11)25-10-14(21)19-6-5-16(22-2)4-3-12(9-13(16)19)23-8-7-20/h12-13,20H,3-10H2,1-2H3/t12-,13-,16+/m0/s1. The first-order valence-corrected chi connectivity index (χ1v) is 9.56. The van der Waals surface area contributed by atoms with Gasteiger partial charge in [-0.25, -0.2) is 0 Å². The van der Waals surface area contributed by atoms with Crippen LogP contribution in [0.5, 0.6) is 0 Å². The minimum Gasteiger partial charge on any atom is -0.416 e. The number of aromatic nitrogens is 2. The molecule has 1 saturated heterocycles. The van der Waals surface area contributed by atoms with Gasteiger partial charge in [0, 0.05) is 20.6 Å². The molecule has 2 fully saturated rings. The van der Waals surface area contributed by atoms with Crippen LogP contribution in [0, 0.1) is 6.92 Å². The van der Waals surface area contributed by atoms with E-state index < -0.39 is 0 Å². The first-order valence-electron chi connectivity index (χ1n) is 8.58. The van der Waals surface area contributed by atoms with Crippen molar-refractivity contribution in [2.45, 2.75) is 55.6 Å². The molecular formula is C16H25N3O5S. The lowest BCUT2D eigenvalue weighted by Crippen LogP contribution is -2.53. The maximum Gasteiger partial charge on any atom is 0.277 e. The van der Waals surface area contributed by atoms with Gasteiger partial charge in [-0.15, -0.1) is 10.2 Å². The van der Waals surface area contributed by atoms with Crippen LogP contribution < -0.4 is 0 Å². The van der Waals surface area contributed by atoms with Crippen LogP contribution in [0.15, 0.2) is 9.64 Å². The molecule has 25 heavy (non-hydrogen) atoms. The van der Waals surface area contributed by atoms with Gasteiger partial charge in [0.1, 0.15) is 0 Å². The molecule has 1 aromatic rings. The Morgan fingerprint density at radius 2 is 2.32 bits per heavy atom. The summed E-state index contributed by atoms with van der Waals surface area (Å²) >= 11 is 1.26. The minimum absolute atomic E-state index is 0.00691. The lowest BCUT2D eigenvalue weighted by atomic mass is 9.79. The van der Waals surface area contributed by atoms with E-state index >= 15 is 0 Å². The Balaban J connectivity index is 1.63. The Morgan fingerprint density at radius 3 is 3.00 bits per heavy atom. The number of aryl methyl sites for hydroxylation is 1. The molecule has 1 aliphatic carbocycles. The number of carbonyl (C=O) groups is 1. The Hall–Kier alpha value is -1.16. The smallest absolute Gasteiger partial charge is 0.277 e. The number of aliphatic hydroxyl groups is 1. The van der Waals surface area contributed by atoms with E-state index in [1.165, 1.54) is 11.8 Å². The van der Waals surface area contributed by atoms with Crippen LogP contribution in [-0.2, 0) is 14.3 Å². The largest absolute Gasteiger partial charge is 0.416 e. The van der Waals surface area contributed by atoms with Gasteiger partial charge in [0.25, 0.3) is 5.22 Å². The third kappa shape index (κ3) is 3.99. The SMILES string of the molecule is CO[C@@]12CC[C@H](OCCO)C[C@@H]1N(C(=O)CSc1nnc(C)o1)CC2. The van der Waals surface area contributed by atoms with Gasteiger partial charge in [-0.3, -0.25) is 4.79 Å². The predicted molar refractivity (Wildman–Crippen MR) is 90.3 cm³/mol. The molecule has 0 aromatic carbocycles. The van der Waals surface area contributed by atoms with Crippen LogP contribution in [0.25, 0.3) is 0 Å². The number of hydrogen-bond donors (Lipinski definition) is 1. The van der Waals surface area contributed by atoms with Crippen molar-refractivity contribution in [3.63, 3.8) is 0 Å². The van der Waals surface area contributed by atoms with Crippen molar-refractivity contribution >= 4 is 17.7 Å². The summed E-state index contributed by atoms with van der Waals surface area (Å²) in [6, 6.07) is 0.00691. The molecule has 1 amide bonds. The zero-order valence-corrected chi connectivity index (χ0v) is 15.5. The van der Waals surface area contributed by atoms with Crippen LogP contribution in [0.4, 0.5) is 0 Å². The number of aliphatic hydroxyl groups excluding tert-OH is 1. The summed E-state index contributed by atoms with van der Waals surface area (Å²) in [4.78, 5) is 14.6. The predicted octanol–water partition coefficient (Wildman–Crippen LogP) is 1.02. The number of thioether (sulfide) groups is 1. The van der Waals surface area contributed by atoms with Crippen LogP contribution in [-0.4, -0.2) is 76.5 Å². The number of rotatable bonds is 7. The first-order chi connectivity index (χ1) is 12.1. The van der Waals surface area contributed by atoms with Gasteiger partial charge in [0.15, 0.2) is 0 Å². The topological polar surface area (TPSA) is 97.9 Å². The summed E-state index contributed by atoms with van der Waals surface area (Å²) in [6.07, 6.45) is 3.40. The summed E-state index contributed by atoms with van der Waals surface area (Å²) < 4.78 is 16.9. The molecule has 9 heteroatoms. The van der Waals surface area contributed by atoms with Crippen LogP contribution in [0.3, 0.4) is 0 Å². The maximum atomic E-state index is 12.7. The normalized spacial score (nSPS) is 29.0. The number of nitrogens with zero attached hydrogens (tertiary/aromatic N) is 3. The number of hydrogen-bond acceptors (Lipinski definition) is 8. The number of ether oxygens (including phenoxy) is 2. The highest BCUT2D eigenvalue weighted by molar-refractivity contribution is 7.99. The first kappa shape index (κ1) is 18.6. The van der Waals surface area contributed by atoms with Crippen molar-refractivity contribution in [3.8, 4) is 0 Å². The third-order valence-corrected chi connectivity index (χ3v) is 5.94. The minimum atomic E-state index is -0.277. The molecule has 0 unspecified atom stereocenters. The molecule has 1 N–H and O–H groups in total. The molecule has 8 nitrogen and oxygen atoms in total. The van der Waals surface area contributed by atoms with Gasteiger partial charge in [0.2, 0.25) is 11.8 Å². The summed E-state index contributed by atoms with van der Waals surface area (Å²) in [6.45, 7) is 2.76. The zero-order chi connectivity index (χ0) is 17.9. The lowest BCUT2D eigenvalue weighted by molar-refractivity contribution is -0.139. The second kappa shape index (κ2) is 8.03. The fourth-order valence-electron chi connectivity index (χ4n) is 3.87. The van der Waals surface area contributed by atoms with E-state index in [2.05, 4.69) is 10.2 Å². The van der Waals surface area contributed by atoms with E-state index in [4.69, 9.17) is 19.0 Å². The molecule has 0 radical (unpaired) electrons. The van der Waals surface area contributed by atoms with Gasteiger partial charge >= 0.3 is 0 Å². The molecule has 1 aliphatic heterocycles. The highest BCUT2D eigenvalue weighted by atomic mass is 32.2. The van der Waals surface area contributed by atoms with E-state index in [9.17, 15) is 4.79 Å². The third-order valence-electron chi connectivity index (χ3n) is 5.13. The highest BCUT2D eigenvalue weighted by Crippen LogP contribution is 2.43. The fraction of sp³-hybridized carbons (Fsp3) is 0.812. The number of methoxy groups -OCH3 is 1. The Kier molecular flexibility index (Phi) is 5.98. The van der Waals surface area contributed by atoms with Crippen LogP contribution in [0.1, 0.15) is 31.6 Å². The average molecular weight is 371 g/mol. The molecular weight excluding hydrogens is 346 g/mol. The van der Waals surface area contributed by atoms with E-state index in [0.29, 0.717) is 24.3 Å². The second-order valence-electron chi connectivity index (χ2n) is 6.49. The summed E-state index contributed by atoms with van der Waals surface area (Å²) in [5, 5.41) is 17.1. The van der Waals surface area contributed by atoms with Crippen molar-refractivity contribution in [3.05, 3.63) is 5.89 Å². The Bertz CT molecular complexity index is 598. The van der Waals surface area contributed by atoms with Gasteiger partial charge in [-0.05, 0) is 25.7 Å². The van der Waals surface area contributed by atoms with Gasteiger partial charge in [-0.2, -0.15) is 0 Å². The molecule has 3 rings (SSSR count). The van der Waals surface area contributed by atoms with Gasteiger partial charge < -0.3 is 23.9 Å². The quantitative estimate of drug-likeness (QED) is 0.710. The van der Waals surface area contributed by atoms with Crippen molar-refractivity contribution in [1.29, 1.82) is 0 Å². The average Bonchev–Trinajstić information content (AvgIpc) is 3.21. The van der Waals surface area contributed by atoms with Crippen LogP contribution >= 0.6 is 11.8 Å². The number of amides is 1. The van der Waals surface area contributed by atoms with Crippen molar-refractivity contribution in [1.82, 2.24) is 15.1 Å². The molecule has 140 valence electrons. The fourth-order valence-corrected chi connectivity index (χ4v) is 4.57. The Morgan fingerprint density at radius 1 is 1.48 bits per heavy atom. The number of carbonyl (C=O) groups excluding carboxylic acids is 1. The molecule has 0 spiro atoms. The zero-order valence-electron chi connectivity index (χ0n) is 14.6. The molecule has 0 bridgehead atoms. The van der Waals surface area contributed by atoms with Crippen LogP contribution in [0.2, 0.25) is 0 Å². The molecule has 2 heterocycles. The second-order valence-corrected chi connectivity index (χ2v) is 7.41. The molecule has 2 aliphatic rings. The number of likely N-dealkylation sites (tertiary alicyclic amines) is 1. The van der Waals surface area contributed by atoms with Crippen molar-refractivity contribution < 1.29 is 23.8 Å². The van der Waals surface area contributed by atoms with Crippen molar-refractivity contribution in [2.75, 3.05) is 32.6 Å².